The second kappa shape index (κ2) is 5.96. The smallest absolute Gasteiger partial charge is 0.0373 e. The monoisotopic (exact) mass is 258 g/mol. The van der Waals surface area contributed by atoms with Crippen molar-refractivity contribution in [2.45, 2.75) is 45.1 Å². The van der Waals surface area contributed by atoms with E-state index in [1.807, 2.05) is 0 Å². The van der Waals surface area contributed by atoms with Gasteiger partial charge in [-0.15, -0.1) is 0 Å². The largest absolute Gasteiger partial charge is 0.383 e. The van der Waals surface area contributed by atoms with Gasteiger partial charge in [-0.3, -0.25) is 4.90 Å². The van der Waals surface area contributed by atoms with Crippen molar-refractivity contribution in [3.63, 3.8) is 0 Å². The molecule has 104 valence electrons. The average molecular weight is 258 g/mol. The number of hydrogen-bond acceptors (Lipinski definition) is 2. The molecule has 1 aromatic rings. The maximum Gasteiger partial charge on any atom is 0.0373 e. The quantitative estimate of drug-likeness (QED) is 0.869. The average Bonchev–Trinajstić information content (AvgIpc) is 3.24. The predicted octanol–water partition coefficient (Wildman–Crippen LogP) is 3.54. The van der Waals surface area contributed by atoms with E-state index in [0.717, 1.165) is 12.5 Å². The van der Waals surface area contributed by atoms with Crippen LogP contribution in [0.25, 0.3) is 0 Å². The lowest BCUT2D eigenvalue weighted by Crippen LogP contribution is -2.41. The van der Waals surface area contributed by atoms with Gasteiger partial charge in [0.2, 0.25) is 0 Å². The minimum absolute atomic E-state index is 0.716. The van der Waals surface area contributed by atoms with Gasteiger partial charge in [-0.2, -0.15) is 0 Å². The van der Waals surface area contributed by atoms with Gasteiger partial charge in [0, 0.05) is 24.8 Å². The second-order valence-corrected chi connectivity index (χ2v) is 6.17. The summed E-state index contributed by atoms with van der Waals surface area (Å²) < 4.78 is 0. The molecule has 1 saturated carbocycles. The molecule has 19 heavy (non-hydrogen) atoms. The number of aryl methyl sites for hydroxylation is 1. The minimum Gasteiger partial charge on any atom is -0.383 e. The molecule has 0 spiro atoms. The third-order valence-corrected chi connectivity index (χ3v) is 4.51. The first-order valence-corrected chi connectivity index (χ1v) is 7.92. The standard InChI is InChI=1S/C17H26N2/c1-2-11-19(13-14-7-8-14)16-10-9-15-5-3-4-6-17(15)18-12-16/h3-6,14,16,18H,2,7-13H2,1H3. The number of rotatable bonds is 5. The zero-order chi connectivity index (χ0) is 13.1. The van der Waals surface area contributed by atoms with Crippen molar-refractivity contribution in [1.82, 2.24) is 4.90 Å². The van der Waals surface area contributed by atoms with Gasteiger partial charge in [-0.05, 0) is 56.2 Å². The maximum absolute atomic E-state index is 3.67. The van der Waals surface area contributed by atoms with Crippen molar-refractivity contribution in [2.24, 2.45) is 5.92 Å². The van der Waals surface area contributed by atoms with Crippen LogP contribution in [0.1, 0.15) is 38.2 Å². The number of nitrogens with zero attached hydrogens (tertiary/aromatic N) is 1. The van der Waals surface area contributed by atoms with E-state index in [9.17, 15) is 0 Å². The molecule has 1 atom stereocenters. The highest BCUT2D eigenvalue weighted by Gasteiger charge is 2.28. The molecular weight excluding hydrogens is 232 g/mol. The molecule has 1 fully saturated rings. The van der Waals surface area contributed by atoms with Crippen LogP contribution in [0.15, 0.2) is 24.3 Å². The SMILES string of the molecule is CCCN(CC1CC1)C1CCc2ccccc2NC1. The van der Waals surface area contributed by atoms with Crippen LogP contribution >= 0.6 is 0 Å². The van der Waals surface area contributed by atoms with Gasteiger partial charge >= 0.3 is 0 Å². The van der Waals surface area contributed by atoms with Gasteiger partial charge in [0.15, 0.2) is 0 Å². The van der Waals surface area contributed by atoms with Crippen molar-refractivity contribution < 1.29 is 0 Å². The molecule has 1 aliphatic carbocycles. The molecular formula is C17H26N2. The molecule has 1 heterocycles. The van der Waals surface area contributed by atoms with Gasteiger partial charge in [-0.25, -0.2) is 0 Å². The fourth-order valence-corrected chi connectivity index (χ4v) is 3.22. The van der Waals surface area contributed by atoms with E-state index >= 15 is 0 Å². The number of para-hydroxylation sites is 1. The van der Waals surface area contributed by atoms with E-state index in [4.69, 9.17) is 0 Å². The lowest BCUT2D eigenvalue weighted by Gasteiger charge is -2.31. The van der Waals surface area contributed by atoms with Gasteiger partial charge in [0.1, 0.15) is 0 Å². The summed E-state index contributed by atoms with van der Waals surface area (Å²) in [5, 5.41) is 3.67. The summed E-state index contributed by atoms with van der Waals surface area (Å²) >= 11 is 0. The Kier molecular flexibility index (Phi) is 4.07. The molecule has 0 bridgehead atoms. The van der Waals surface area contributed by atoms with Crippen LogP contribution in [0.3, 0.4) is 0 Å². The first-order valence-electron chi connectivity index (χ1n) is 7.92. The predicted molar refractivity (Wildman–Crippen MR) is 81.6 cm³/mol. The van der Waals surface area contributed by atoms with Gasteiger partial charge in [0.05, 0.1) is 0 Å². The Labute approximate surface area is 117 Å². The van der Waals surface area contributed by atoms with Crippen molar-refractivity contribution in [2.75, 3.05) is 25.0 Å². The summed E-state index contributed by atoms with van der Waals surface area (Å²) in [5.74, 6) is 0.997. The Morgan fingerprint density at radius 3 is 2.84 bits per heavy atom. The Morgan fingerprint density at radius 1 is 1.21 bits per heavy atom. The van der Waals surface area contributed by atoms with E-state index in [1.54, 1.807) is 0 Å². The lowest BCUT2D eigenvalue weighted by atomic mass is 10.0. The molecule has 0 aromatic heterocycles. The van der Waals surface area contributed by atoms with E-state index in [1.165, 1.54) is 56.4 Å². The number of benzene rings is 1. The van der Waals surface area contributed by atoms with Crippen LogP contribution in [-0.4, -0.2) is 30.6 Å². The minimum atomic E-state index is 0.716. The normalized spacial score (nSPS) is 22.7. The fraction of sp³-hybridized carbons (Fsp3) is 0.647. The highest BCUT2D eigenvalue weighted by Crippen LogP contribution is 2.31. The summed E-state index contributed by atoms with van der Waals surface area (Å²) in [6.07, 6.45) is 6.72. The van der Waals surface area contributed by atoms with Crippen LogP contribution in [0.5, 0.6) is 0 Å². The van der Waals surface area contributed by atoms with Crippen molar-refractivity contribution in [3.8, 4) is 0 Å². The van der Waals surface area contributed by atoms with E-state index in [-0.39, 0.29) is 0 Å². The van der Waals surface area contributed by atoms with Crippen molar-refractivity contribution in [1.29, 1.82) is 0 Å². The van der Waals surface area contributed by atoms with Crippen LogP contribution in [0, 0.1) is 5.92 Å². The Hall–Kier alpha value is -1.02. The third kappa shape index (κ3) is 3.30. The highest BCUT2D eigenvalue weighted by atomic mass is 15.2. The number of nitrogens with one attached hydrogen (secondary N) is 1. The lowest BCUT2D eigenvalue weighted by molar-refractivity contribution is 0.188. The molecule has 0 radical (unpaired) electrons. The number of hydrogen-bond donors (Lipinski definition) is 1. The second-order valence-electron chi connectivity index (χ2n) is 6.17. The third-order valence-electron chi connectivity index (χ3n) is 4.51. The van der Waals surface area contributed by atoms with Crippen LogP contribution in [0.2, 0.25) is 0 Å². The Bertz CT molecular complexity index is 384. The summed E-state index contributed by atoms with van der Waals surface area (Å²) in [5.41, 5.74) is 2.85. The number of anilines is 1. The first kappa shape index (κ1) is 13.0. The van der Waals surface area contributed by atoms with Gasteiger partial charge in [0.25, 0.3) is 0 Å². The van der Waals surface area contributed by atoms with Crippen LogP contribution in [0.4, 0.5) is 5.69 Å². The first-order chi connectivity index (χ1) is 9.36. The molecule has 3 rings (SSSR count). The zero-order valence-corrected chi connectivity index (χ0v) is 12.1. The summed E-state index contributed by atoms with van der Waals surface area (Å²) in [7, 11) is 0. The summed E-state index contributed by atoms with van der Waals surface area (Å²) in [6.45, 7) is 6.01. The van der Waals surface area contributed by atoms with Crippen LogP contribution in [-0.2, 0) is 6.42 Å². The Balaban J connectivity index is 1.65. The van der Waals surface area contributed by atoms with E-state index in [2.05, 4.69) is 41.4 Å². The van der Waals surface area contributed by atoms with Crippen molar-refractivity contribution in [3.05, 3.63) is 29.8 Å². The van der Waals surface area contributed by atoms with Gasteiger partial charge in [-0.1, -0.05) is 25.1 Å². The zero-order valence-electron chi connectivity index (χ0n) is 12.1. The van der Waals surface area contributed by atoms with E-state index < -0.39 is 0 Å². The van der Waals surface area contributed by atoms with Crippen molar-refractivity contribution >= 4 is 5.69 Å². The van der Waals surface area contributed by atoms with Crippen LogP contribution < -0.4 is 5.32 Å². The molecule has 1 aliphatic heterocycles. The molecule has 2 heteroatoms. The fourth-order valence-electron chi connectivity index (χ4n) is 3.22. The number of fused-ring (bicyclic) bond motifs is 1. The summed E-state index contributed by atoms with van der Waals surface area (Å²) in [4.78, 5) is 2.75. The molecule has 1 unspecified atom stereocenters. The molecule has 0 saturated heterocycles. The maximum atomic E-state index is 3.67. The van der Waals surface area contributed by atoms with Gasteiger partial charge < -0.3 is 5.32 Å². The Morgan fingerprint density at radius 2 is 2.05 bits per heavy atom. The topological polar surface area (TPSA) is 15.3 Å². The van der Waals surface area contributed by atoms with E-state index in [0.29, 0.717) is 6.04 Å². The molecule has 1 N–H and O–H groups in total. The summed E-state index contributed by atoms with van der Waals surface area (Å²) in [6, 6.07) is 9.51. The highest BCUT2D eigenvalue weighted by molar-refractivity contribution is 5.52. The molecule has 1 aromatic carbocycles. The molecule has 0 amide bonds. The molecule has 2 aliphatic rings. The molecule has 2 nitrogen and oxygen atoms in total.